The molecule has 2 aliphatic heterocycles. The SMILES string of the molecule is CO[C@@]1(C(=O)Nc2ccc3[nH]nc(-c4ccnc(C)c4)c3c2)CCN(CC(=O)N2CC=C(c3nccs3)CC2)C1. The van der Waals surface area contributed by atoms with Gasteiger partial charge in [-0.25, -0.2) is 4.98 Å². The van der Waals surface area contributed by atoms with Crippen LogP contribution in [0, 0.1) is 6.92 Å². The van der Waals surface area contributed by atoms with Gasteiger partial charge >= 0.3 is 0 Å². The van der Waals surface area contributed by atoms with Crippen molar-refractivity contribution < 1.29 is 14.3 Å². The van der Waals surface area contributed by atoms with Gasteiger partial charge in [0.25, 0.3) is 5.91 Å². The topological polar surface area (TPSA) is 116 Å². The molecule has 6 rings (SSSR count). The first-order valence-corrected chi connectivity index (χ1v) is 14.2. The minimum atomic E-state index is -1.03. The predicted molar refractivity (Wildman–Crippen MR) is 155 cm³/mol. The van der Waals surface area contributed by atoms with E-state index in [1.165, 1.54) is 5.57 Å². The van der Waals surface area contributed by atoms with Crippen LogP contribution in [0.3, 0.4) is 0 Å². The molecule has 4 aromatic rings. The molecule has 11 heteroatoms. The Bertz CT molecular complexity index is 1580. The van der Waals surface area contributed by atoms with Crippen LogP contribution in [-0.2, 0) is 14.3 Å². The van der Waals surface area contributed by atoms with Gasteiger partial charge in [0.2, 0.25) is 5.91 Å². The van der Waals surface area contributed by atoms with Crippen LogP contribution >= 0.6 is 11.3 Å². The van der Waals surface area contributed by atoms with Gasteiger partial charge in [0.1, 0.15) is 10.7 Å². The van der Waals surface area contributed by atoms with Gasteiger partial charge in [-0.15, -0.1) is 11.3 Å². The van der Waals surface area contributed by atoms with Crippen LogP contribution in [-0.4, -0.2) is 87.2 Å². The van der Waals surface area contributed by atoms with E-state index in [4.69, 9.17) is 4.74 Å². The third-order valence-corrected chi connectivity index (χ3v) is 8.58. The molecular formula is C29H31N7O3S. The second-order valence-electron chi connectivity index (χ2n) is 10.3. The molecule has 1 fully saturated rings. The van der Waals surface area contributed by atoms with Crippen LogP contribution in [0.15, 0.2) is 54.2 Å². The number of aromatic amines is 1. The highest BCUT2D eigenvalue weighted by molar-refractivity contribution is 7.10. The molecule has 0 saturated carbocycles. The smallest absolute Gasteiger partial charge is 0.258 e. The Hall–Kier alpha value is -3.93. The molecule has 0 unspecified atom stereocenters. The minimum absolute atomic E-state index is 0.0611. The Morgan fingerprint density at radius 1 is 1.18 bits per heavy atom. The first kappa shape index (κ1) is 26.3. The summed E-state index contributed by atoms with van der Waals surface area (Å²) in [4.78, 5) is 39.1. The van der Waals surface area contributed by atoms with Gasteiger partial charge in [-0.3, -0.25) is 24.6 Å². The van der Waals surface area contributed by atoms with E-state index < -0.39 is 5.60 Å². The van der Waals surface area contributed by atoms with Crippen molar-refractivity contribution in [3.63, 3.8) is 0 Å². The molecule has 0 spiro atoms. The molecule has 10 nitrogen and oxygen atoms in total. The number of nitrogens with zero attached hydrogens (tertiary/aromatic N) is 5. The Balaban J connectivity index is 1.11. The highest BCUT2D eigenvalue weighted by Gasteiger charge is 2.45. The number of hydrogen-bond acceptors (Lipinski definition) is 8. The van der Waals surface area contributed by atoms with Crippen LogP contribution in [0.1, 0.15) is 23.5 Å². The molecule has 1 atom stereocenters. The maximum absolute atomic E-state index is 13.5. The van der Waals surface area contributed by atoms with Crippen molar-refractivity contribution in [1.29, 1.82) is 0 Å². The number of H-pyrrole nitrogens is 1. The second-order valence-corrected chi connectivity index (χ2v) is 11.2. The van der Waals surface area contributed by atoms with Crippen LogP contribution in [0.25, 0.3) is 27.7 Å². The number of anilines is 1. The molecule has 0 radical (unpaired) electrons. The Morgan fingerprint density at radius 3 is 2.83 bits per heavy atom. The third kappa shape index (κ3) is 5.15. The molecule has 3 aromatic heterocycles. The minimum Gasteiger partial charge on any atom is -0.367 e. The summed E-state index contributed by atoms with van der Waals surface area (Å²) in [5.74, 6) is -0.158. The molecule has 0 bridgehead atoms. The fourth-order valence-corrected chi connectivity index (χ4v) is 6.16. The van der Waals surface area contributed by atoms with Gasteiger partial charge in [-0.05, 0) is 55.7 Å². The summed E-state index contributed by atoms with van der Waals surface area (Å²) in [5, 5.41) is 14.5. The van der Waals surface area contributed by atoms with Crippen molar-refractivity contribution in [2.45, 2.75) is 25.4 Å². The number of aryl methyl sites for hydroxylation is 1. The summed E-state index contributed by atoms with van der Waals surface area (Å²) in [6, 6.07) is 9.58. The number of aromatic nitrogens is 4. The van der Waals surface area contributed by atoms with Crippen molar-refractivity contribution >= 4 is 45.3 Å². The van der Waals surface area contributed by atoms with Gasteiger partial charge in [0.15, 0.2) is 5.60 Å². The Morgan fingerprint density at radius 2 is 2.08 bits per heavy atom. The molecule has 2 N–H and O–H groups in total. The molecule has 2 aliphatic rings. The summed E-state index contributed by atoms with van der Waals surface area (Å²) in [5.41, 5.74) is 4.36. The van der Waals surface area contributed by atoms with E-state index in [9.17, 15) is 9.59 Å². The summed E-state index contributed by atoms with van der Waals surface area (Å²) in [6.45, 7) is 4.41. The number of ether oxygens (including phenoxy) is 1. The van der Waals surface area contributed by atoms with E-state index in [0.717, 1.165) is 39.3 Å². The fraction of sp³-hybridized carbons (Fsp3) is 0.345. The number of carbonyl (C=O) groups is 2. The van der Waals surface area contributed by atoms with E-state index in [-0.39, 0.29) is 18.4 Å². The van der Waals surface area contributed by atoms with Gasteiger partial charge in [-0.2, -0.15) is 5.10 Å². The van der Waals surface area contributed by atoms with Gasteiger partial charge in [0.05, 0.1) is 12.1 Å². The molecular weight excluding hydrogens is 526 g/mol. The number of nitrogens with one attached hydrogen (secondary N) is 2. The lowest BCUT2D eigenvalue weighted by Crippen LogP contribution is -2.48. The van der Waals surface area contributed by atoms with Crippen molar-refractivity contribution in [3.8, 4) is 11.3 Å². The van der Waals surface area contributed by atoms with Crippen molar-refractivity contribution in [2.75, 3.05) is 45.2 Å². The number of pyridine rings is 1. The molecule has 206 valence electrons. The number of likely N-dealkylation sites (tertiary alicyclic amines) is 1. The zero-order valence-electron chi connectivity index (χ0n) is 22.5. The summed E-state index contributed by atoms with van der Waals surface area (Å²) < 4.78 is 5.80. The molecule has 1 saturated heterocycles. The van der Waals surface area contributed by atoms with Crippen molar-refractivity contribution in [2.24, 2.45) is 0 Å². The van der Waals surface area contributed by atoms with Crippen molar-refractivity contribution in [3.05, 3.63) is 64.9 Å². The summed E-state index contributed by atoms with van der Waals surface area (Å²) >= 11 is 1.62. The average Bonchev–Trinajstić information content (AvgIpc) is 3.73. The van der Waals surface area contributed by atoms with Gasteiger partial charge in [-0.1, -0.05) is 6.08 Å². The lowest BCUT2D eigenvalue weighted by atomic mass is 10.0. The van der Waals surface area contributed by atoms with Crippen LogP contribution in [0.2, 0.25) is 0 Å². The number of amides is 2. The highest BCUT2D eigenvalue weighted by atomic mass is 32.1. The van der Waals surface area contributed by atoms with E-state index >= 15 is 0 Å². The van der Waals surface area contributed by atoms with Gasteiger partial charge in [0, 0.05) is 73.4 Å². The Kier molecular flexibility index (Phi) is 7.18. The lowest BCUT2D eigenvalue weighted by Gasteiger charge is -2.29. The summed E-state index contributed by atoms with van der Waals surface area (Å²) in [6.07, 6.45) is 6.96. The van der Waals surface area contributed by atoms with E-state index in [1.54, 1.807) is 30.8 Å². The number of fused-ring (bicyclic) bond motifs is 1. The lowest BCUT2D eigenvalue weighted by molar-refractivity contribution is -0.138. The van der Waals surface area contributed by atoms with E-state index in [2.05, 4.69) is 31.6 Å². The first-order chi connectivity index (χ1) is 19.4. The largest absolute Gasteiger partial charge is 0.367 e. The highest BCUT2D eigenvalue weighted by Crippen LogP contribution is 2.31. The third-order valence-electron chi connectivity index (χ3n) is 7.73. The zero-order chi connectivity index (χ0) is 27.7. The van der Waals surface area contributed by atoms with E-state index in [1.807, 2.05) is 52.4 Å². The molecule has 0 aliphatic carbocycles. The number of benzene rings is 1. The normalized spacial score (nSPS) is 19.6. The standard InChI is InChI=1S/C29H31N7O3S/c1-19-15-21(5-9-30-19)26-23-16-22(3-4-24(23)33-34-26)32-28(38)29(39-2)8-13-35(18-29)17-25(37)36-11-6-20(7-12-36)27-31-10-14-40-27/h3-6,9-10,14-16H,7-8,11-13,17-18H2,1-2H3,(H,32,38)(H,33,34)/t29-/m0/s1. The monoisotopic (exact) mass is 557 g/mol. The maximum Gasteiger partial charge on any atom is 0.258 e. The Labute approximate surface area is 236 Å². The quantitative estimate of drug-likeness (QED) is 0.356. The summed E-state index contributed by atoms with van der Waals surface area (Å²) in [7, 11) is 1.56. The predicted octanol–water partition coefficient (Wildman–Crippen LogP) is 3.74. The average molecular weight is 558 g/mol. The number of methoxy groups -OCH3 is 1. The second kappa shape index (κ2) is 10.9. The number of thiazole rings is 1. The molecule has 1 aromatic carbocycles. The van der Waals surface area contributed by atoms with E-state index in [0.29, 0.717) is 38.3 Å². The molecule has 40 heavy (non-hydrogen) atoms. The van der Waals surface area contributed by atoms with Crippen LogP contribution < -0.4 is 5.32 Å². The zero-order valence-corrected chi connectivity index (χ0v) is 23.3. The number of hydrogen-bond donors (Lipinski definition) is 2. The van der Waals surface area contributed by atoms with Crippen LogP contribution in [0.5, 0.6) is 0 Å². The molecule has 5 heterocycles. The number of rotatable bonds is 7. The first-order valence-electron chi connectivity index (χ1n) is 13.3. The van der Waals surface area contributed by atoms with Crippen LogP contribution in [0.4, 0.5) is 5.69 Å². The van der Waals surface area contributed by atoms with Gasteiger partial charge < -0.3 is 15.0 Å². The fourth-order valence-electron chi connectivity index (χ4n) is 5.45. The number of carbonyl (C=O) groups excluding carboxylic acids is 2. The maximum atomic E-state index is 13.5. The molecule has 2 amide bonds. The van der Waals surface area contributed by atoms with Crippen molar-refractivity contribution in [1.82, 2.24) is 30.0 Å².